The molecule has 114 valence electrons. The van der Waals surface area contributed by atoms with E-state index in [1.807, 2.05) is 30.1 Å². The van der Waals surface area contributed by atoms with Gasteiger partial charge in [-0.25, -0.2) is 0 Å². The Kier molecular flexibility index (Phi) is 4.93. The number of anilines is 1. The van der Waals surface area contributed by atoms with Gasteiger partial charge in [-0.1, -0.05) is 12.1 Å². The summed E-state index contributed by atoms with van der Waals surface area (Å²) >= 11 is 0. The smallest absolute Gasteiger partial charge is 0.304 e. The molecule has 0 bridgehead atoms. The van der Waals surface area contributed by atoms with Crippen LogP contribution in [0.5, 0.6) is 0 Å². The van der Waals surface area contributed by atoms with Crippen molar-refractivity contribution < 1.29 is 19.8 Å². The van der Waals surface area contributed by atoms with Gasteiger partial charge >= 0.3 is 5.97 Å². The van der Waals surface area contributed by atoms with Crippen LogP contribution in [-0.4, -0.2) is 53.2 Å². The molecule has 1 aliphatic rings. The first kappa shape index (κ1) is 15.5. The largest absolute Gasteiger partial charge is 0.481 e. The fourth-order valence-corrected chi connectivity index (χ4v) is 2.61. The Hall–Kier alpha value is -1.92. The minimum atomic E-state index is -0.859. The van der Waals surface area contributed by atoms with Crippen molar-refractivity contribution in [1.29, 1.82) is 0 Å². The van der Waals surface area contributed by atoms with Crippen molar-refractivity contribution in [2.45, 2.75) is 25.3 Å². The number of carboxylic acid groups (broad SMARTS) is 1. The Morgan fingerprint density at radius 1 is 1.48 bits per heavy atom. The fraction of sp³-hybridized carbons (Fsp3) is 0.467. The minimum Gasteiger partial charge on any atom is -0.481 e. The lowest BCUT2D eigenvalue weighted by Crippen LogP contribution is -2.37. The molecule has 21 heavy (non-hydrogen) atoms. The average Bonchev–Trinajstić information content (AvgIpc) is 2.77. The molecular weight excluding hydrogens is 272 g/mol. The van der Waals surface area contributed by atoms with Gasteiger partial charge in [0.25, 0.3) is 0 Å². The summed E-state index contributed by atoms with van der Waals surface area (Å²) in [4.78, 5) is 24.2. The molecule has 1 amide bonds. The Bertz CT molecular complexity index is 544. The van der Waals surface area contributed by atoms with Crippen LogP contribution in [0.2, 0.25) is 0 Å². The van der Waals surface area contributed by atoms with Gasteiger partial charge in [-0.3, -0.25) is 9.59 Å². The van der Waals surface area contributed by atoms with Crippen LogP contribution < -0.4 is 5.32 Å². The minimum absolute atomic E-state index is 0.00473. The van der Waals surface area contributed by atoms with E-state index in [-0.39, 0.29) is 25.0 Å². The number of hydrogen-bond donors (Lipinski definition) is 3. The van der Waals surface area contributed by atoms with Crippen molar-refractivity contribution in [2.75, 3.05) is 25.5 Å². The summed E-state index contributed by atoms with van der Waals surface area (Å²) in [5.74, 6) is -0.871. The fourth-order valence-electron chi connectivity index (χ4n) is 2.61. The van der Waals surface area contributed by atoms with E-state index in [0.29, 0.717) is 19.4 Å². The Balaban J connectivity index is 2.11. The number of nitrogens with zero attached hydrogens (tertiary/aromatic N) is 1. The predicted octanol–water partition coefficient (Wildman–Crippen LogP) is 0.491. The number of aliphatic carboxylic acids is 1. The van der Waals surface area contributed by atoms with E-state index in [9.17, 15) is 9.59 Å². The zero-order valence-corrected chi connectivity index (χ0v) is 12.0. The predicted molar refractivity (Wildman–Crippen MR) is 78.2 cm³/mol. The van der Waals surface area contributed by atoms with Crippen LogP contribution >= 0.6 is 0 Å². The van der Waals surface area contributed by atoms with Gasteiger partial charge in [0.2, 0.25) is 5.91 Å². The molecule has 0 aliphatic carbocycles. The molecule has 0 aromatic heterocycles. The Morgan fingerprint density at radius 3 is 2.90 bits per heavy atom. The highest BCUT2D eigenvalue weighted by Gasteiger charge is 2.21. The third-order valence-electron chi connectivity index (χ3n) is 3.75. The molecule has 2 rings (SSSR count). The average molecular weight is 292 g/mol. The standard InChI is InChI=1S/C15H20N2O4/c1-17(4-5-18)12(9-15(20)21)7-10-2-3-13-11(6-10)8-14(19)16-13/h2-3,6,12,18H,4-5,7-9H2,1H3,(H,16,19)(H,20,21). The zero-order chi connectivity index (χ0) is 15.4. The van der Waals surface area contributed by atoms with E-state index < -0.39 is 5.97 Å². The summed E-state index contributed by atoms with van der Waals surface area (Å²) in [7, 11) is 1.81. The number of carboxylic acids is 1. The molecule has 6 nitrogen and oxygen atoms in total. The highest BCUT2D eigenvalue weighted by molar-refractivity contribution is 5.99. The van der Waals surface area contributed by atoms with Crippen LogP contribution in [0.3, 0.4) is 0 Å². The SMILES string of the molecule is CN(CCO)C(CC(=O)O)Cc1ccc2c(c1)CC(=O)N2. The number of aliphatic hydroxyl groups excluding tert-OH is 1. The van der Waals surface area contributed by atoms with E-state index in [4.69, 9.17) is 10.2 Å². The van der Waals surface area contributed by atoms with Crippen molar-refractivity contribution in [2.24, 2.45) is 0 Å². The van der Waals surface area contributed by atoms with Crippen LogP contribution in [0.4, 0.5) is 5.69 Å². The monoisotopic (exact) mass is 292 g/mol. The summed E-state index contributed by atoms with van der Waals surface area (Å²) in [5.41, 5.74) is 2.79. The molecule has 6 heteroatoms. The number of hydrogen-bond acceptors (Lipinski definition) is 4. The van der Waals surface area contributed by atoms with Gasteiger partial charge in [0.15, 0.2) is 0 Å². The van der Waals surface area contributed by atoms with E-state index >= 15 is 0 Å². The highest BCUT2D eigenvalue weighted by Crippen LogP contribution is 2.25. The van der Waals surface area contributed by atoms with Gasteiger partial charge in [-0.2, -0.15) is 0 Å². The quantitative estimate of drug-likeness (QED) is 0.680. The lowest BCUT2D eigenvalue weighted by Gasteiger charge is -2.26. The molecule has 1 atom stereocenters. The molecule has 3 N–H and O–H groups in total. The van der Waals surface area contributed by atoms with Crippen LogP contribution in [0.1, 0.15) is 17.5 Å². The number of nitrogens with one attached hydrogen (secondary N) is 1. The second-order valence-electron chi connectivity index (χ2n) is 5.38. The molecule has 0 saturated heterocycles. The maximum Gasteiger partial charge on any atom is 0.304 e. The van der Waals surface area contributed by atoms with Gasteiger partial charge in [-0.15, -0.1) is 0 Å². The maximum absolute atomic E-state index is 11.3. The van der Waals surface area contributed by atoms with Gasteiger partial charge in [0, 0.05) is 18.3 Å². The molecule has 0 fully saturated rings. The number of carbonyl (C=O) groups is 2. The van der Waals surface area contributed by atoms with Crippen molar-refractivity contribution >= 4 is 17.6 Å². The lowest BCUT2D eigenvalue weighted by atomic mass is 9.99. The molecule has 1 aliphatic heterocycles. The first-order chi connectivity index (χ1) is 9.99. The summed E-state index contributed by atoms with van der Waals surface area (Å²) in [6.45, 7) is 0.429. The highest BCUT2D eigenvalue weighted by atomic mass is 16.4. The van der Waals surface area contributed by atoms with Gasteiger partial charge in [0.05, 0.1) is 19.4 Å². The van der Waals surface area contributed by atoms with Crippen molar-refractivity contribution in [3.05, 3.63) is 29.3 Å². The van der Waals surface area contributed by atoms with Crippen LogP contribution in [0.15, 0.2) is 18.2 Å². The van der Waals surface area contributed by atoms with Crippen molar-refractivity contribution in [3.8, 4) is 0 Å². The molecule has 1 aromatic rings. The summed E-state index contributed by atoms with van der Waals surface area (Å²) < 4.78 is 0. The van der Waals surface area contributed by atoms with Crippen molar-refractivity contribution in [3.63, 3.8) is 0 Å². The molecule has 0 spiro atoms. The normalized spacial score (nSPS) is 14.9. The number of fused-ring (bicyclic) bond motifs is 1. The second-order valence-corrected chi connectivity index (χ2v) is 5.38. The van der Waals surface area contributed by atoms with Crippen LogP contribution in [-0.2, 0) is 22.4 Å². The molecule has 1 heterocycles. The number of aliphatic hydroxyl groups is 1. The zero-order valence-electron chi connectivity index (χ0n) is 12.0. The Labute approximate surface area is 123 Å². The van der Waals surface area contributed by atoms with E-state index in [0.717, 1.165) is 16.8 Å². The molecule has 0 radical (unpaired) electrons. The summed E-state index contributed by atoms with van der Waals surface area (Å²) in [6.07, 6.45) is 0.967. The lowest BCUT2D eigenvalue weighted by molar-refractivity contribution is -0.138. The van der Waals surface area contributed by atoms with Gasteiger partial charge < -0.3 is 20.4 Å². The third-order valence-corrected chi connectivity index (χ3v) is 3.75. The molecular formula is C15H20N2O4. The first-order valence-corrected chi connectivity index (χ1v) is 6.94. The second kappa shape index (κ2) is 6.69. The van der Waals surface area contributed by atoms with E-state index in [1.54, 1.807) is 0 Å². The topological polar surface area (TPSA) is 89.9 Å². The van der Waals surface area contributed by atoms with Crippen LogP contribution in [0, 0.1) is 0 Å². The first-order valence-electron chi connectivity index (χ1n) is 6.94. The number of amides is 1. The van der Waals surface area contributed by atoms with Gasteiger partial charge in [0.1, 0.15) is 0 Å². The summed E-state index contributed by atoms with van der Waals surface area (Å²) in [5, 5.41) is 20.8. The maximum atomic E-state index is 11.3. The Morgan fingerprint density at radius 2 is 2.24 bits per heavy atom. The van der Waals surface area contributed by atoms with Gasteiger partial charge in [-0.05, 0) is 30.7 Å². The molecule has 0 saturated carbocycles. The third kappa shape index (κ3) is 4.03. The number of likely N-dealkylation sites (N-methyl/N-ethyl adjacent to an activating group) is 1. The van der Waals surface area contributed by atoms with Crippen molar-refractivity contribution in [1.82, 2.24) is 4.90 Å². The number of rotatable bonds is 7. The molecule has 1 unspecified atom stereocenters. The molecule has 1 aromatic carbocycles. The van der Waals surface area contributed by atoms with E-state index in [1.165, 1.54) is 0 Å². The van der Waals surface area contributed by atoms with E-state index in [2.05, 4.69) is 5.32 Å². The van der Waals surface area contributed by atoms with Crippen LogP contribution in [0.25, 0.3) is 0 Å². The number of carbonyl (C=O) groups excluding carboxylic acids is 1. The summed E-state index contributed by atoms with van der Waals surface area (Å²) in [6, 6.07) is 5.54. The number of benzene rings is 1.